The number of hydrogen-bond donors (Lipinski definition) is 0. The average Bonchev–Trinajstić information content (AvgIpc) is 2.05. The van der Waals surface area contributed by atoms with Crippen LogP contribution in [-0.4, -0.2) is 6.21 Å². The van der Waals surface area contributed by atoms with Gasteiger partial charge >= 0.3 is 0 Å². The van der Waals surface area contributed by atoms with Crippen molar-refractivity contribution in [1.82, 2.24) is 0 Å². The third kappa shape index (κ3) is 3.15. The average molecular weight is 159 g/mol. The minimum atomic E-state index is 0.744. The Balaban J connectivity index is 2.49. The first-order valence-corrected chi connectivity index (χ1v) is 3.98. The maximum atomic E-state index is 4.22. The molecule has 62 valence electrons. The maximum absolute atomic E-state index is 4.22. The van der Waals surface area contributed by atoms with E-state index in [1.165, 1.54) is 5.56 Å². The van der Waals surface area contributed by atoms with E-state index in [9.17, 15) is 0 Å². The number of nitrogens with zero attached hydrogens (tertiary/aromatic N) is 1. The summed E-state index contributed by atoms with van der Waals surface area (Å²) in [5.41, 5.74) is 2.22. The van der Waals surface area contributed by atoms with Gasteiger partial charge in [-0.3, -0.25) is 4.99 Å². The van der Waals surface area contributed by atoms with Crippen LogP contribution in [-0.2, 0) is 6.54 Å². The molecule has 0 amide bonds. The highest BCUT2D eigenvalue weighted by atomic mass is 14.7. The fourth-order valence-electron chi connectivity index (χ4n) is 0.890. The third-order valence-corrected chi connectivity index (χ3v) is 1.43. The molecule has 0 bridgehead atoms. The SMILES string of the molecule is C=C(C)C=NCc1ccccc1. The zero-order valence-corrected chi connectivity index (χ0v) is 7.33. The Morgan fingerprint density at radius 3 is 2.67 bits per heavy atom. The van der Waals surface area contributed by atoms with Crippen molar-refractivity contribution < 1.29 is 0 Å². The minimum absolute atomic E-state index is 0.744. The highest BCUT2D eigenvalue weighted by molar-refractivity contribution is 5.76. The molecule has 0 radical (unpaired) electrons. The lowest BCUT2D eigenvalue weighted by Gasteiger charge is -1.93. The molecule has 0 aromatic heterocycles. The van der Waals surface area contributed by atoms with Crippen molar-refractivity contribution in [2.75, 3.05) is 0 Å². The van der Waals surface area contributed by atoms with Gasteiger partial charge < -0.3 is 0 Å². The topological polar surface area (TPSA) is 12.4 Å². The molecule has 0 aliphatic carbocycles. The Morgan fingerprint density at radius 1 is 1.42 bits per heavy atom. The molecule has 1 aromatic rings. The van der Waals surface area contributed by atoms with E-state index >= 15 is 0 Å². The molecule has 0 aliphatic heterocycles. The molecule has 0 heterocycles. The van der Waals surface area contributed by atoms with Gasteiger partial charge in [-0.2, -0.15) is 0 Å². The molecular weight excluding hydrogens is 146 g/mol. The van der Waals surface area contributed by atoms with Crippen LogP contribution in [0.25, 0.3) is 0 Å². The van der Waals surface area contributed by atoms with E-state index in [2.05, 4.69) is 23.7 Å². The van der Waals surface area contributed by atoms with Gasteiger partial charge in [0.2, 0.25) is 0 Å². The monoisotopic (exact) mass is 159 g/mol. The maximum Gasteiger partial charge on any atom is 0.0639 e. The lowest BCUT2D eigenvalue weighted by Crippen LogP contribution is -1.81. The second-order valence-electron chi connectivity index (χ2n) is 2.80. The summed E-state index contributed by atoms with van der Waals surface area (Å²) in [5, 5.41) is 0. The van der Waals surface area contributed by atoms with Crippen LogP contribution < -0.4 is 0 Å². The first-order valence-electron chi connectivity index (χ1n) is 3.98. The second-order valence-corrected chi connectivity index (χ2v) is 2.80. The lowest BCUT2D eigenvalue weighted by atomic mass is 10.2. The first-order chi connectivity index (χ1) is 5.79. The molecule has 0 saturated carbocycles. The van der Waals surface area contributed by atoms with Crippen LogP contribution in [0.1, 0.15) is 12.5 Å². The van der Waals surface area contributed by atoms with E-state index in [-0.39, 0.29) is 0 Å². The summed E-state index contributed by atoms with van der Waals surface area (Å²) in [5.74, 6) is 0. The number of benzene rings is 1. The summed E-state index contributed by atoms with van der Waals surface area (Å²) in [6.45, 7) is 6.42. The Bertz CT molecular complexity index is 272. The van der Waals surface area contributed by atoms with Gasteiger partial charge in [-0.1, -0.05) is 36.9 Å². The van der Waals surface area contributed by atoms with Crippen molar-refractivity contribution in [2.24, 2.45) is 4.99 Å². The smallest absolute Gasteiger partial charge is 0.0639 e. The molecule has 1 heteroatoms. The fraction of sp³-hybridized carbons (Fsp3) is 0.182. The Hall–Kier alpha value is -1.37. The van der Waals surface area contributed by atoms with Gasteiger partial charge in [-0.25, -0.2) is 0 Å². The number of allylic oxidation sites excluding steroid dienone is 1. The van der Waals surface area contributed by atoms with Gasteiger partial charge in [0.1, 0.15) is 0 Å². The number of hydrogen-bond acceptors (Lipinski definition) is 1. The van der Waals surface area contributed by atoms with Crippen LogP contribution >= 0.6 is 0 Å². The molecule has 0 aliphatic rings. The molecule has 0 fully saturated rings. The van der Waals surface area contributed by atoms with Gasteiger partial charge in [-0.15, -0.1) is 0 Å². The van der Waals surface area contributed by atoms with Crippen molar-refractivity contribution in [2.45, 2.75) is 13.5 Å². The van der Waals surface area contributed by atoms with Crippen molar-refractivity contribution in [3.63, 3.8) is 0 Å². The normalized spacial score (nSPS) is 10.4. The summed E-state index contributed by atoms with van der Waals surface area (Å²) in [4.78, 5) is 4.22. The van der Waals surface area contributed by atoms with E-state index in [1.807, 2.05) is 25.1 Å². The zero-order valence-electron chi connectivity index (χ0n) is 7.33. The Morgan fingerprint density at radius 2 is 2.08 bits per heavy atom. The molecule has 1 aromatic carbocycles. The van der Waals surface area contributed by atoms with E-state index in [4.69, 9.17) is 0 Å². The summed E-state index contributed by atoms with van der Waals surface area (Å²) in [6, 6.07) is 10.2. The predicted molar refractivity (Wildman–Crippen MR) is 53.5 cm³/mol. The molecular formula is C11H13N. The highest BCUT2D eigenvalue weighted by Gasteiger charge is 1.85. The van der Waals surface area contributed by atoms with Crippen LogP contribution in [0, 0.1) is 0 Å². The molecule has 0 atom stereocenters. The summed E-state index contributed by atoms with van der Waals surface area (Å²) < 4.78 is 0. The molecule has 1 nitrogen and oxygen atoms in total. The molecule has 0 saturated heterocycles. The van der Waals surface area contributed by atoms with Crippen molar-refractivity contribution in [3.05, 3.63) is 48.0 Å². The van der Waals surface area contributed by atoms with E-state index in [1.54, 1.807) is 6.21 Å². The zero-order chi connectivity index (χ0) is 8.81. The quantitative estimate of drug-likeness (QED) is 0.601. The van der Waals surface area contributed by atoms with Gasteiger partial charge in [0, 0.05) is 6.21 Å². The van der Waals surface area contributed by atoms with Gasteiger partial charge in [0.05, 0.1) is 6.54 Å². The highest BCUT2D eigenvalue weighted by Crippen LogP contribution is 1.99. The first kappa shape index (κ1) is 8.72. The third-order valence-electron chi connectivity index (χ3n) is 1.43. The largest absolute Gasteiger partial charge is 0.288 e. The number of rotatable bonds is 3. The van der Waals surface area contributed by atoms with Crippen molar-refractivity contribution in [1.29, 1.82) is 0 Å². The predicted octanol–water partition coefficient (Wildman–Crippen LogP) is 2.83. The summed E-state index contributed by atoms with van der Waals surface area (Å²) in [6.07, 6.45) is 1.80. The van der Waals surface area contributed by atoms with Crippen LogP contribution in [0.2, 0.25) is 0 Å². The number of aliphatic imine (C=N–C) groups is 1. The molecule has 0 unspecified atom stereocenters. The van der Waals surface area contributed by atoms with Crippen LogP contribution in [0.3, 0.4) is 0 Å². The molecule has 12 heavy (non-hydrogen) atoms. The molecule has 0 spiro atoms. The van der Waals surface area contributed by atoms with Gasteiger partial charge in [0.25, 0.3) is 0 Å². The standard InChI is InChI=1S/C11H13N/c1-10(2)8-12-9-11-6-4-3-5-7-11/h3-8H,1,9H2,2H3. The van der Waals surface area contributed by atoms with Crippen molar-refractivity contribution >= 4 is 6.21 Å². The second kappa shape index (κ2) is 4.50. The van der Waals surface area contributed by atoms with Gasteiger partial charge in [0.15, 0.2) is 0 Å². The summed E-state index contributed by atoms with van der Waals surface area (Å²) >= 11 is 0. The van der Waals surface area contributed by atoms with E-state index in [0.29, 0.717) is 0 Å². The Kier molecular flexibility index (Phi) is 3.27. The lowest BCUT2D eigenvalue weighted by molar-refractivity contribution is 1.08. The van der Waals surface area contributed by atoms with Crippen LogP contribution in [0.5, 0.6) is 0 Å². The Labute approximate surface area is 73.5 Å². The molecule has 1 rings (SSSR count). The van der Waals surface area contributed by atoms with Crippen molar-refractivity contribution in [3.8, 4) is 0 Å². The minimum Gasteiger partial charge on any atom is -0.288 e. The van der Waals surface area contributed by atoms with Crippen LogP contribution in [0.15, 0.2) is 47.5 Å². The summed E-state index contributed by atoms with van der Waals surface area (Å²) in [7, 11) is 0. The van der Waals surface area contributed by atoms with E-state index in [0.717, 1.165) is 12.1 Å². The molecule has 0 N–H and O–H groups in total. The van der Waals surface area contributed by atoms with E-state index < -0.39 is 0 Å². The fourth-order valence-corrected chi connectivity index (χ4v) is 0.890. The van der Waals surface area contributed by atoms with Gasteiger partial charge in [-0.05, 0) is 18.1 Å². The van der Waals surface area contributed by atoms with Crippen LogP contribution in [0.4, 0.5) is 0 Å².